The molecule has 0 aliphatic carbocycles. The van der Waals surface area contributed by atoms with Crippen LogP contribution in [0.1, 0.15) is 12.5 Å². The number of halogens is 3. The van der Waals surface area contributed by atoms with E-state index in [0.29, 0.717) is 6.42 Å². The minimum absolute atomic E-state index is 0.149. The summed E-state index contributed by atoms with van der Waals surface area (Å²) in [5, 5.41) is 9.33. The first-order valence-electron chi connectivity index (χ1n) is 4.44. The Morgan fingerprint density at radius 1 is 1.33 bits per heavy atom. The van der Waals surface area contributed by atoms with Gasteiger partial charge in [-0.1, -0.05) is 13.0 Å². The number of rotatable bonds is 3. The van der Waals surface area contributed by atoms with E-state index in [4.69, 9.17) is 0 Å². The van der Waals surface area contributed by atoms with Gasteiger partial charge in [0.05, 0.1) is 0 Å². The molecule has 0 aliphatic heterocycles. The first kappa shape index (κ1) is 11.7. The standard InChI is InChI=1S/C10H11F3O2/c1-2-7-3-4-9(8(14)5-7)15-6-10(11,12)13/h3-5,14H,2,6H2,1H3. The van der Waals surface area contributed by atoms with Gasteiger partial charge >= 0.3 is 6.18 Å². The van der Waals surface area contributed by atoms with Gasteiger partial charge in [0.2, 0.25) is 0 Å². The summed E-state index contributed by atoms with van der Waals surface area (Å²) in [6.45, 7) is 0.483. The van der Waals surface area contributed by atoms with E-state index in [-0.39, 0.29) is 11.5 Å². The smallest absolute Gasteiger partial charge is 0.422 e. The Balaban J connectivity index is 2.70. The fraction of sp³-hybridized carbons (Fsp3) is 0.400. The molecule has 0 atom stereocenters. The van der Waals surface area contributed by atoms with Crippen molar-refractivity contribution in [3.05, 3.63) is 23.8 Å². The lowest BCUT2D eigenvalue weighted by Crippen LogP contribution is -2.19. The Labute approximate surface area is 85.3 Å². The second-order valence-corrected chi connectivity index (χ2v) is 3.06. The molecule has 0 aliphatic rings. The van der Waals surface area contributed by atoms with Crippen LogP contribution < -0.4 is 4.74 Å². The topological polar surface area (TPSA) is 29.5 Å². The second kappa shape index (κ2) is 4.42. The van der Waals surface area contributed by atoms with E-state index >= 15 is 0 Å². The lowest BCUT2D eigenvalue weighted by atomic mass is 10.1. The van der Waals surface area contributed by atoms with Gasteiger partial charge in [-0.3, -0.25) is 0 Å². The summed E-state index contributed by atoms with van der Waals surface area (Å²) in [6.07, 6.45) is -3.69. The summed E-state index contributed by atoms with van der Waals surface area (Å²) in [6, 6.07) is 4.34. The number of ether oxygens (including phenoxy) is 1. The van der Waals surface area contributed by atoms with E-state index in [1.807, 2.05) is 6.92 Å². The van der Waals surface area contributed by atoms with E-state index in [0.717, 1.165) is 5.56 Å². The van der Waals surface area contributed by atoms with Crippen molar-refractivity contribution in [3.8, 4) is 11.5 Å². The van der Waals surface area contributed by atoms with Crippen LogP contribution in [0.3, 0.4) is 0 Å². The molecule has 1 rings (SSSR count). The molecule has 0 unspecified atom stereocenters. The Morgan fingerprint density at radius 3 is 2.47 bits per heavy atom. The van der Waals surface area contributed by atoms with Crippen LogP contribution in [0.5, 0.6) is 11.5 Å². The maximum Gasteiger partial charge on any atom is 0.422 e. The van der Waals surface area contributed by atoms with Crippen molar-refractivity contribution in [1.29, 1.82) is 0 Å². The van der Waals surface area contributed by atoms with Crippen molar-refractivity contribution in [2.45, 2.75) is 19.5 Å². The number of phenolic OH excluding ortho intramolecular Hbond substituents is 1. The molecule has 0 fully saturated rings. The fourth-order valence-electron chi connectivity index (χ4n) is 1.06. The molecule has 1 N–H and O–H groups in total. The summed E-state index contributed by atoms with van der Waals surface area (Å²) in [4.78, 5) is 0. The van der Waals surface area contributed by atoms with Gasteiger partial charge < -0.3 is 9.84 Å². The molecular formula is C10H11F3O2. The van der Waals surface area contributed by atoms with Gasteiger partial charge in [-0.15, -0.1) is 0 Å². The van der Waals surface area contributed by atoms with Crippen molar-refractivity contribution in [1.82, 2.24) is 0 Å². The molecule has 0 radical (unpaired) electrons. The number of aromatic hydroxyl groups is 1. The van der Waals surface area contributed by atoms with Crippen molar-refractivity contribution >= 4 is 0 Å². The van der Waals surface area contributed by atoms with Crippen LogP contribution in [0.4, 0.5) is 13.2 Å². The SMILES string of the molecule is CCc1ccc(OCC(F)(F)F)c(O)c1. The zero-order chi connectivity index (χ0) is 11.5. The van der Waals surface area contributed by atoms with Crippen LogP contribution in [-0.2, 0) is 6.42 Å². The molecule has 0 heterocycles. The summed E-state index contributed by atoms with van der Waals surface area (Å²) in [7, 11) is 0. The highest BCUT2D eigenvalue weighted by atomic mass is 19.4. The first-order chi connectivity index (χ1) is 6.92. The van der Waals surface area contributed by atoms with E-state index in [9.17, 15) is 18.3 Å². The van der Waals surface area contributed by atoms with Gasteiger partial charge in [-0.05, 0) is 24.1 Å². The minimum Gasteiger partial charge on any atom is -0.504 e. The van der Waals surface area contributed by atoms with Crippen LogP contribution in [0.25, 0.3) is 0 Å². The quantitative estimate of drug-likeness (QED) is 0.848. The Hall–Kier alpha value is -1.39. The summed E-state index contributed by atoms with van der Waals surface area (Å²) in [5.74, 6) is -0.414. The third-order valence-corrected chi connectivity index (χ3v) is 1.82. The molecule has 0 saturated carbocycles. The van der Waals surface area contributed by atoms with Crippen molar-refractivity contribution in [3.63, 3.8) is 0 Å². The third-order valence-electron chi connectivity index (χ3n) is 1.82. The van der Waals surface area contributed by atoms with Crippen LogP contribution in [0.2, 0.25) is 0 Å². The number of alkyl halides is 3. The number of aryl methyl sites for hydroxylation is 1. The monoisotopic (exact) mass is 220 g/mol. The highest BCUT2D eigenvalue weighted by Crippen LogP contribution is 2.28. The maximum atomic E-state index is 11.8. The molecule has 2 nitrogen and oxygen atoms in total. The Bertz CT molecular complexity index is 334. The molecule has 0 spiro atoms. The fourth-order valence-corrected chi connectivity index (χ4v) is 1.06. The predicted molar refractivity (Wildman–Crippen MR) is 49.0 cm³/mol. The number of phenols is 1. The maximum absolute atomic E-state index is 11.8. The lowest BCUT2D eigenvalue weighted by Gasteiger charge is -2.10. The Morgan fingerprint density at radius 2 is 2.00 bits per heavy atom. The molecule has 1 aromatic rings. The highest BCUT2D eigenvalue weighted by molar-refractivity contribution is 5.41. The van der Waals surface area contributed by atoms with Gasteiger partial charge in [0.15, 0.2) is 18.1 Å². The van der Waals surface area contributed by atoms with Crippen molar-refractivity contribution < 1.29 is 23.0 Å². The summed E-state index contributed by atoms with van der Waals surface area (Å²) >= 11 is 0. The number of hydrogen-bond donors (Lipinski definition) is 1. The van der Waals surface area contributed by atoms with E-state index in [1.165, 1.54) is 12.1 Å². The van der Waals surface area contributed by atoms with Crippen LogP contribution in [0.15, 0.2) is 18.2 Å². The molecule has 84 valence electrons. The van der Waals surface area contributed by atoms with Crippen LogP contribution in [0, 0.1) is 0 Å². The lowest BCUT2D eigenvalue weighted by molar-refractivity contribution is -0.153. The predicted octanol–water partition coefficient (Wildman–Crippen LogP) is 2.90. The summed E-state index contributed by atoms with van der Waals surface area (Å²) < 4.78 is 39.9. The summed E-state index contributed by atoms with van der Waals surface area (Å²) in [5.41, 5.74) is 0.840. The number of hydrogen-bond acceptors (Lipinski definition) is 2. The average Bonchev–Trinajstić information content (AvgIpc) is 2.14. The molecule has 15 heavy (non-hydrogen) atoms. The van der Waals surface area contributed by atoms with E-state index in [2.05, 4.69) is 4.74 Å². The van der Waals surface area contributed by atoms with E-state index in [1.54, 1.807) is 6.07 Å². The first-order valence-corrected chi connectivity index (χ1v) is 4.44. The second-order valence-electron chi connectivity index (χ2n) is 3.06. The third kappa shape index (κ3) is 3.69. The van der Waals surface area contributed by atoms with Crippen LogP contribution >= 0.6 is 0 Å². The molecule has 0 saturated heterocycles. The molecule has 0 aromatic heterocycles. The molecule has 5 heteroatoms. The van der Waals surface area contributed by atoms with Gasteiger partial charge in [0, 0.05) is 0 Å². The zero-order valence-electron chi connectivity index (χ0n) is 8.14. The zero-order valence-corrected chi connectivity index (χ0v) is 8.14. The highest BCUT2D eigenvalue weighted by Gasteiger charge is 2.28. The molecule has 1 aromatic carbocycles. The van der Waals surface area contributed by atoms with E-state index < -0.39 is 12.8 Å². The average molecular weight is 220 g/mol. The van der Waals surface area contributed by atoms with Gasteiger partial charge in [0.25, 0.3) is 0 Å². The normalized spacial score (nSPS) is 11.5. The Kier molecular flexibility index (Phi) is 3.44. The van der Waals surface area contributed by atoms with Gasteiger partial charge in [-0.2, -0.15) is 13.2 Å². The number of benzene rings is 1. The molecular weight excluding hydrogens is 209 g/mol. The minimum atomic E-state index is -4.39. The van der Waals surface area contributed by atoms with Gasteiger partial charge in [0.1, 0.15) is 0 Å². The van der Waals surface area contributed by atoms with Crippen molar-refractivity contribution in [2.24, 2.45) is 0 Å². The molecule has 0 amide bonds. The van der Waals surface area contributed by atoms with Crippen LogP contribution in [-0.4, -0.2) is 17.9 Å². The largest absolute Gasteiger partial charge is 0.504 e. The van der Waals surface area contributed by atoms with Gasteiger partial charge in [-0.25, -0.2) is 0 Å². The molecule has 0 bridgehead atoms. The van der Waals surface area contributed by atoms with Crippen molar-refractivity contribution in [2.75, 3.05) is 6.61 Å².